The average molecular weight is 897 g/mol. The molecular formula is C59H92O6. The van der Waals surface area contributed by atoms with Gasteiger partial charge in [-0.05, 0) is 116 Å². The lowest BCUT2D eigenvalue weighted by Crippen LogP contribution is -2.30. The van der Waals surface area contributed by atoms with E-state index in [2.05, 4.69) is 142 Å². The van der Waals surface area contributed by atoms with E-state index in [1.54, 1.807) is 0 Å². The van der Waals surface area contributed by atoms with Crippen molar-refractivity contribution in [1.29, 1.82) is 0 Å². The topological polar surface area (TPSA) is 78.9 Å². The molecule has 0 aliphatic heterocycles. The average Bonchev–Trinajstić information content (AvgIpc) is 3.30. The molecule has 0 saturated carbocycles. The van der Waals surface area contributed by atoms with Crippen LogP contribution in [0.25, 0.3) is 0 Å². The molecule has 0 aliphatic carbocycles. The molecule has 0 bridgehead atoms. The molecule has 1 unspecified atom stereocenters. The molecule has 0 aromatic heterocycles. The number of carbonyl (C=O) groups is 3. The van der Waals surface area contributed by atoms with Crippen molar-refractivity contribution in [3.63, 3.8) is 0 Å². The highest BCUT2D eigenvalue weighted by atomic mass is 16.6. The molecule has 6 heteroatoms. The molecule has 0 aromatic carbocycles. The minimum Gasteiger partial charge on any atom is -0.462 e. The Kier molecular flexibility index (Phi) is 48.6. The van der Waals surface area contributed by atoms with Crippen molar-refractivity contribution in [1.82, 2.24) is 0 Å². The lowest BCUT2D eigenvalue weighted by atomic mass is 10.1. The molecule has 1 atom stereocenters. The van der Waals surface area contributed by atoms with Crippen LogP contribution in [0.4, 0.5) is 0 Å². The number of hydrogen-bond acceptors (Lipinski definition) is 6. The molecule has 364 valence electrons. The number of rotatable bonds is 44. The zero-order valence-corrected chi connectivity index (χ0v) is 41.4. The fourth-order valence-electron chi connectivity index (χ4n) is 6.34. The summed E-state index contributed by atoms with van der Waals surface area (Å²) in [6.07, 6.45) is 73.0. The summed E-state index contributed by atoms with van der Waals surface area (Å²) in [5, 5.41) is 0. The molecule has 0 saturated heterocycles. The second-order valence-corrected chi connectivity index (χ2v) is 16.3. The summed E-state index contributed by atoms with van der Waals surface area (Å²) in [5.74, 6) is -1.05. The summed E-state index contributed by atoms with van der Waals surface area (Å²) in [6.45, 7) is 6.23. The summed E-state index contributed by atoms with van der Waals surface area (Å²) in [4.78, 5) is 38.0. The van der Waals surface area contributed by atoms with Gasteiger partial charge in [0.2, 0.25) is 0 Å². The summed E-state index contributed by atoms with van der Waals surface area (Å²) in [7, 11) is 0. The van der Waals surface area contributed by atoms with Crippen LogP contribution < -0.4 is 0 Å². The van der Waals surface area contributed by atoms with Crippen molar-refractivity contribution in [3.8, 4) is 0 Å². The van der Waals surface area contributed by atoms with Gasteiger partial charge >= 0.3 is 17.9 Å². The van der Waals surface area contributed by atoms with Gasteiger partial charge in [0.15, 0.2) is 6.10 Å². The molecule has 0 amide bonds. The van der Waals surface area contributed by atoms with Gasteiger partial charge in [-0.2, -0.15) is 0 Å². The van der Waals surface area contributed by atoms with Gasteiger partial charge in [-0.25, -0.2) is 0 Å². The molecule has 0 radical (unpaired) electrons. The highest BCUT2D eigenvalue weighted by Crippen LogP contribution is 2.12. The van der Waals surface area contributed by atoms with E-state index in [1.807, 2.05) is 12.2 Å². The monoisotopic (exact) mass is 897 g/mol. The Morgan fingerprint density at radius 2 is 0.631 bits per heavy atom. The van der Waals surface area contributed by atoms with Gasteiger partial charge < -0.3 is 14.2 Å². The lowest BCUT2D eigenvalue weighted by molar-refractivity contribution is -0.166. The van der Waals surface area contributed by atoms with Gasteiger partial charge in [0.25, 0.3) is 0 Å². The first-order valence-corrected chi connectivity index (χ1v) is 25.7. The Labute approximate surface area is 398 Å². The third-order valence-electron chi connectivity index (χ3n) is 10.1. The summed E-state index contributed by atoms with van der Waals surface area (Å²) >= 11 is 0. The fourth-order valence-corrected chi connectivity index (χ4v) is 6.34. The lowest BCUT2D eigenvalue weighted by Gasteiger charge is -2.18. The highest BCUT2D eigenvalue weighted by Gasteiger charge is 2.19. The number of carbonyl (C=O) groups excluding carboxylic acids is 3. The maximum absolute atomic E-state index is 12.8. The zero-order valence-electron chi connectivity index (χ0n) is 41.4. The molecule has 65 heavy (non-hydrogen) atoms. The van der Waals surface area contributed by atoms with Crippen LogP contribution in [0.15, 0.2) is 134 Å². The first-order valence-electron chi connectivity index (χ1n) is 25.7. The number of esters is 3. The molecule has 0 spiro atoms. The minimum absolute atomic E-state index is 0.121. The molecule has 0 rings (SSSR count). The predicted molar refractivity (Wildman–Crippen MR) is 279 cm³/mol. The van der Waals surface area contributed by atoms with E-state index in [1.165, 1.54) is 6.42 Å². The van der Waals surface area contributed by atoms with E-state index in [0.29, 0.717) is 12.8 Å². The molecule has 6 nitrogen and oxygen atoms in total. The largest absolute Gasteiger partial charge is 0.462 e. The predicted octanol–water partition coefficient (Wildman–Crippen LogP) is 17.1. The van der Waals surface area contributed by atoms with Gasteiger partial charge in [-0.1, -0.05) is 199 Å². The zero-order chi connectivity index (χ0) is 47.2. The van der Waals surface area contributed by atoms with E-state index in [4.69, 9.17) is 14.2 Å². The van der Waals surface area contributed by atoms with Crippen molar-refractivity contribution in [2.24, 2.45) is 0 Å². The van der Waals surface area contributed by atoms with Gasteiger partial charge in [0.1, 0.15) is 13.2 Å². The van der Waals surface area contributed by atoms with Crippen molar-refractivity contribution in [3.05, 3.63) is 134 Å². The first kappa shape index (κ1) is 60.5. The van der Waals surface area contributed by atoms with Gasteiger partial charge in [-0.15, -0.1) is 0 Å². The van der Waals surface area contributed by atoms with Crippen LogP contribution in [-0.2, 0) is 28.6 Å². The summed E-state index contributed by atoms with van der Waals surface area (Å²) in [5.41, 5.74) is 0. The van der Waals surface area contributed by atoms with Gasteiger partial charge in [0, 0.05) is 19.3 Å². The maximum Gasteiger partial charge on any atom is 0.306 e. The summed E-state index contributed by atoms with van der Waals surface area (Å²) < 4.78 is 16.7. The summed E-state index contributed by atoms with van der Waals surface area (Å²) in [6, 6.07) is 0. The number of hydrogen-bond donors (Lipinski definition) is 0. The van der Waals surface area contributed by atoms with Crippen LogP contribution in [0.1, 0.15) is 201 Å². The van der Waals surface area contributed by atoms with E-state index in [-0.39, 0.29) is 44.0 Å². The van der Waals surface area contributed by atoms with E-state index in [9.17, 15) is 14.4 Å². The Balaban J connectivity index is 4.57. The Morgan fingerprint density at radius 1 is 0.323 bits per heavy atom. The Bertz CT molecular complexity index is 1450. The van der Waals surface area contributed by atoms with Crippen LogP contribution >= 0.6 is 0 Å². The molecule has 0 heterocycles. The smallest absolute Gasteiger partial charge is 0.306 e. The third-order valence-corrected chi connectivity index (χ3v) is 10.1. The van der Waals surface area contributed by atoms with Gasteiger partial charge in [0.05, 0.1) is 0 Å². The van der Waals surface area contributed by atoms with Gasteiger partial charge in [-0.3, -0.25) is 14.4 Å². The van der Waals surface area contributed by atoms with Crippen LogP contribution in [0, 0.1) is 0 Å². The van der Waals surface area contributed by atoms with Crippen LogP contribution in [-0.4, -0.2) is 37.2 Å². The second-order valence-electron chi connectivity index (χ2n) is 16.3. The molecular weight excluding hydrogens is 805 g/mol. The van der Waals surface area contributed by atoms with E-state index < -0.39 is 6.10 Å². The SMILES string of the molecule is CC/C=C\C/C=C\C/C=C\C/C=C\C/C=C\C/C=C\CCC(=O)OCC(COC(=O)CCCCCCC/C=C\C/C=C\CCC)OC(=O)CCCCCCC/C=C\C/C=C\C/C=C\CC. The number of unbranched alkanes of at least 4 members (excludes halogenated alkanes) is 11. The fraction of sp³-hybridized carbons (Fsp3) is 0.576. The Morgan fingerprint density at radius 3 is 1.03 bits per heavy atom. The minimum atomic E-state index is -0.828. The number of ether oxygens (including phenoxy) is 3. The highest BCUT2D eigenvalue weighted by molar-refractivity contribution is 5.71. The van der Waals surface area contributed by atoms with Crippen LogP contribution in [0.2, 0.25) is 0 Å². The quantitative estimate of drug-likeness (QED) is 0.0262. The molecule has 0 N–H and O–H groups in total. The van der Waals surface area contributed by atoms with Crippen molar-refractivity contribution in [2.45, 2.75) is 207 Å². The number of allylic oxidation sites excluding steroid dienone is 22. The molecule has 0 aromatic rings. The van der Waals surface area contributed by atoms with E-state index in [0.717, 1.165) is 148 Å². The second kappa shape index (κ2) is 52.2. The van der Waals surface area contributed by atoms with Crippen molar-refractivity contribution >= 4 is 17.9 Å². The van der Waals surface area contributed by atoms with Crippen molar-refractivity contribution in [2.75, 3.05) is 13.2 Å². The first-order chi connectivity index (χ1) is 32.0. The van der Waals surface area contributed by atoms with E-state index >= 15 is 0 Å². The normalized spacial score (nSPS) is 13.2. The third kappa shape index (κ3) is 50.4. The molecule has 0 aliphatic rings. The molecule has 0 fully saturated rings. The maximum atomic E-state index is 12.8. The standard InChI is InChI=1S/C59H92O6/c1-4-7-10-13-16-19-22-25-27-28-29-30-32-34-37-40-43-46-49-52-58(61)64-55-56(54-63-57(60)51-48-45-42-39-36-33-24-21-18-15-12-9-6-3)65-59(62)53-50-47-44-41-38-35-31-26-23-20-17-14-11-8-5-2/h7-8,10-12,15-17,19-21,24-27,29-31,34,37,43,46,56H,4-6,9,13-14,18,22-23,28,32-33,35-36,38-42,44-45,47-55H2,1-3H3/b10-7-,11-8-,15-12-,19-16-,20-17-,24-21-,27-25-,30-29-,31-26-,37-34-,46-43-. The van der Waals surface area contributed by atoms with Crippen molar-refractivity contribution < 1.29 is 28.6 Å². The van der Waals surface area contributed by atoms with Crippen LogP contribution in [0.3, 0.4) is 0 Å². The van der Waals surface area contributed by atoms with Crippen LogP contribution in [0.5, 0.6) is 0 Å². The Hall–Kier alpha value is -4.45.